The topological polar surface area (TPSA) is 74.3 Å². The molecule has 2 aromatic rings. The monoisotopic (exact) mass is 260 g/mol. The van der Waals surface area contributed by atoms with E-state index in [-0.39, 0.29) is 0 Å². The molecule has 1 aromatic carbocycles. The SMILES string of the molecule is Cn1nccc1CNc1cc2c(cc1N)OCCO2. The van der Waals surface area contributed by atoms with Gasteiger partial charge in [0.15, 0.2) is 11.5 Å². The third kappa shape index (κ3) is 2.29. The first-order valence-corrected chi connectivity index (χ1v) is 6.14. The van der Waals surface area contributed by atoms with Gasteiger partial charge in [0.1, 0.15) is 13.2 Å². The minimum Gasteiger partial charge on any atom is -0.486 e. The van der Waals surface area contributed by atoms with Gasteiger partial charge in [0.2, 0.25) is 0 Å². The van der Waals surface area contributed by atoms with Gasteiger partial charge in [-0.1, -0.05) is 0 Å². The lowest BCUT2D eigenvalue weighted by Crippen LogP contribution is -2.16. The second-order valence-corrected chi connectivity index (χ2v) is 4.38. The normalized spacial score (nSPS) is 13.3. The molecule has 0 saturated carbocycles. The number of nitrogens with zero attached hydrogens (tertiary/aromatic N) is 2. The van der Waals surface area contributed by atoms with E-state index in [1.165, 1.54) is 0 Å². The summed E-state index contributed by atoms with van der Waals surface area (Å²) < 4.78 is 12.8. The van der Waals surface area contributed by atoms with E-state index in [1.807, 2.05) is 23.9 Å². The average molecular weight is 260 g/mol. The molecule has 3 rings (SSSR count). The van der Waals surface area contributed by atoms with Crippen molar-refractivity contribution in [2.24, 2.45) is 7.05 Å². The van der Waals surface area contributed by atoms with Crippen LogP contribution in [0, 0.1) is 0 Å². The van der Waals surface area contributed by atoms with Crippen LogP contribution in [0.15, 0.2) is 24.4 Å². The average Bonchev–Trinajstić information content (AvgIpc) is 2.82. The van der Waals surface area contributed by atoms with Gasteiger partial charge in [-0.05, 0) is 6.07 Å². The Morgan fingerprint density at radius 2 is 2.05 bits per heavy atom. The van der Waals surface area contributed by atoms with Crippen LogP contribution >= 0.6 is 0 Å². The van der Waals surface area contributed by atoms with Crippen LogP contribution < -0.4 is 20.5 Å². The van der Waals surface area contributed by atoms with Crippen LogP contribution in [-0.2, 0) is 13.6 Å². The lowest BCUT2D eigenvalue weighted by Gasteiger charge is -2.20. The molecule has 1 aliphatic heterocycles. The van der Waals surface area contributed by atoms with E-state index in [0.29, 0.717) is 31.2 Å². The van der Waals surface area contributed by atoms with Gasteiger partial charge in [-0.25, -0.2) is 0 Å². The molecule has 0 atom stereocenters. The van der Waals surface area contributed by atoms with Crippen LogP contribution in [-0.4, -0.2) is 23.0 Å². The number of rotatable bonds is 3. The summed E-state index contributed by atoms with van der Waals surface area (Å²) in [6, 6.07) is 5.63. The third-order valence-corrected chi connectivity index (χ3v) is 3.10. The van der Waals surface area contributed by atoms with Crippen LogP contribution in [0.25, 0.3) is 0 Å². The number of nitrogens with two attached hydrogens (primary N) is 1. The first kappa shape index (κ1) is 11.7. The highest BCUT2D eigenvalue weighted by molar-refractivity contribution is 5.72. The van der Waals surface area contributed by atoms with Crippen molar-refractivity contribution < 1.29 is 9.47 Å². The summed E-state index contributed by atoms with van der Waals surface area (Å²) >= 11 is 0. The second-order valence-electron chi connectivity index (χ2n) is 4.38. The second kappa shape index (κ2) is 4.72. The molecule has 100 valence electrons. The number of ether oxygens (including phenoxy) is 2. The molecule has 0 saturated heterocycles. The third-order valence-electron chi connectivity index (χ3n) is 3.10. The summed E-state index contributed by atoms with van der Waals surface area (Å²) in [7, 11) is 1.91. The van der Waals surface area contributed by atoms with Crippen LogP contribution in [0.1, 0.15) is 5.69 Å². The summed E-state index contributed by atoms with van der Waals surface area (Å²) in [6.07, 6.45) is 1.77. The molecular formula is C13H16N4O2. The van der Waals surface area contributed by atoms with E-state index in [4.69, 9.17) is 15.2 Å². The van der Waals surface area contributed by atoms with Gasteiger partial charge in [-0.15, -0.1) is 0 Å². The van der Waals surface area contributed by atoms with Gasteiger partial charge in [0.05, 0.1) is 23.6 Å². The summed E-state index contributed by atoms with van der Waals surface area (Å²) in [4.78, 5) is 0. The van der Waals surface area contributed by atoms with Gasteiger partial charge in [0, 0.05) is 25.4 Å². The lowest BCUT2D eigenvalue weighted by molar-refractivity contribution is 0.172. The highest BCUT2D eigenvalue weighted by Crippen LogP contribution is 2.37. The fourth-order valence-electron chi connectivity index (χ4n) is 2.02. The van der Waals surface area contributed by atoms with Gasteiger partial charge < -0.3 is 20.5 Å². The van der Waals surface area contributed by atoms with Crippen LogP contribution in [0.5, 0.6) is 11.5 Å². The highest BCUT2D eigenvalue weighted by atomic mass is 16.6. The van der Waals surface area contributed by atoms with E-state index in [1.54, 1.807) is 12.3 Å². The van der Waals surface area contributed by atoms with E-state index in [2.05, 4.69) is 10.4 Å². The number of hydrogen-bond acceptors (Lipinski definition) is 5. The highest BCUT2D eigenvalue weighted by Gasteiger charge is 2.14. The maximum Gasteiger partial charge on any atom is 0.163 e. The summed E-state index contributed by atoms with van der Waals surface area (Å²) in [5.74, 6) is 1.43. The van der Waals surface area contributed by atoms with Crippen LogP contribution in [0.2, 0.25) is 0 Å². The number of nitrogen functional groups attached to an aromatic ring is 1. The minimum absolute atomic E-state index is 0.564. The molecule has 0 amide bonds. The molecule has 19 heavy (non-hydrogen) atoms. The number of aryl methyl sites for hydroxylation is 1. The van der Waals surface area contributed by atoms with Crippen molar-refractivity contribution >= 4 is 11.4 Å². The van der Waals surface area contributed by atoms with Gasteiger partial charge in [-0.2, -0.15) is 5.10 Å². The molecule has 0 unspecified atom stereocenters. The Balaban J connectivity index is 1.79. The molecule has 3 N–H and O–H groups in total. The van der Waals surface area contributed by atoms with Crippen molar-refractivity contribution in [3.63, 3.8) is 0 Å². The Labute approximate surface area is 111 Å². The predicted octanol–water partition coefficient (Wildman–Crippen LogP) is 1.39. The van der Waals surface area contributed by atoms with Crippen LogP contribution in [0.3, 0.4) is 0 Å². The van der Waals surface area contributed by atoms with Gasteiger partial charge >= 0.3 is 0 Å². The number of aromatic nitrogens is 2. The molecule has 0 fully saturated rings. The number of anilines is 2. The molecule has 1 aromatic heterocycles. The molecule has 0 radical (unpaired) electrons. The van der Waals surface area contributed by atoms with E-state index < -0.39 is 0 Å². The van der Waals surface area contributed by atoms with Gasteiger partial charge in [-0.3, -0.25) is 4.68 Å². The Bertz CT molecular complexity index is 594. The van der Waals surface area contributed by atoms with Crippen molar-refractivity contribution in [2.75, 3.05) is 24.3 Å². The first-order valence-electron chi connectivity index (χ1n) is 6.14. The first-order chi connectivity index (χ1) is 9.24. The number of hydrogen-bond donors (Lipinski definition) is 2. The van der Waals surface area contributed by atoms with E-state index >= 15 is 0 Å². The maximum absolute atomic E-state index is 6.00. The van der Waals surface area contributed by atoms with Crippen molar-refractivity contribution in [3.8, 4) is 11.5 Å². The molecule has 1 aliphatic rings. The molecule has 2 heterocycles. The Hall–Kier alpha value is -2.37. The summed E-state index contributed by atoms with van der Waals surface area (Å²) in [5.41, 5.74) is 8.56. The van der Waals surface area contributed by atoms with Crippen LogP contribution in [0.4, 0.5) is 11.4 Å². The van der Waals surface area contributed by atoms with E-state index in [0.717, 1.165) is 17.1 Å². The largest absolute Gasteiger partial charge is 0.486 e. The maximum atomic E-state index is 6.00. The van der Waals surface area contributed by atoms with Crippen molar-refractivity contribution in [2.45, 2.75) is 6.54 Å². The van der Waals surface area contributed by atoms with Crippen molar-refractivity contribution in [1.82, 2.24) is 9.78 Å². The van der Waals surface area contributed by atoms with Crippen molar-refractivity contribution in [3.05, 3.63) is 30.1 Å². The Morgan fingerprint density at radius 1 is 1.32 bits per heavy atom. The molecular weight excluding hydrogens is 244 g/mol. The molecule has 6 heteroatoms. The summed E-state index contributed by atoms with van der Waals surface area (Å²) in [5, 5.41) is 7.41. The fraction of sp³-hybridized carbons (Fsp3) is 0.308. The van der Waals surface area contributed by atoms with E-state index in [9.17, 15) is 0 Å². The smallest absolute Gasteiger partial charge is 0.163 e. The zero-order valence-corrected chi connectivity index (χ0v) is 10.7. The lowest BCUT2D eigenvalue weighted by atomic mass is 10.2. The predicted molar refractivity (Wildman–Crippen MR) is 72.4 cm³/mol. The fourth-order valence-corrected chi connectivity index (χ4v) is 2.02. The zero-order valence-electron chi connectivity index (χ0n) is 10.7. The molecule has 6 nitrogen and oxygen atoms in total. The number of nitrogens with one attached hydrogen (secondary N) is 1. The number of fused-ring (bicyclic) bond motifs is 1. The molecule has 0 bridgehead atoms. The van der Waals surface area contributed by atoms with Gasteiger partial charge in [0.25, 0.3) is 0 Å². The molecule has 0 aliphatic carbocycles. The molecule has 0 spiro atoms. The standard InChI is InChI=1S/C13H16N4O2/c1-17-9(2-3-16-17)8-15-11-7-13-12(6-10(11)14)18-4-5-19-13/h2-3,6-7,15H,4-5,8,14H2,1H3. The summed E-state index contributed by atoms with van der Waals surface area (Å²) in [6.45, 7) is 1.78. The quantitative estimate of drug-likeness (QED) is 0.816. The zero-order chi connectivity index (χ0) is 13.2. The Morgan fingerprint density at radius 3 is 2.74 bits per heavy atom. The minimum atomic E-state index is 0.564. The number of benzene rings is 1. The Kier molecular flexibility index (Phi) is 2.91. The van der Waals surface area contributed by atoms with Crippen molar-refractivity contribution in [1.29, 1.82) is 0 Å².